The number of aromatic amines is 1. The maximum Gasteiger partial charge on any atom is 0.182 e. The number of hydrogen-bond acceptors (Lipinski definition) is 6. The van der Waals surface area contributed by atoms with Gasteiger partial charge in [-0.25, -0.2) is 15.0 Å². The molecule has 28 heavy (non-hydrogen) atoms. The molecule has 5 rings (SSSR count). The molecule has 4 aromatic rings. The van der Waals surface area contributed by atoms with Crippen LogP contribution >= 0.6 is 0 Å². The van der Waals surface area contributed by atoms with Crippen molar-refractivity contribution in [2.24, 2.45) is 0 Å². The normalized spacial score (nSPS) is 16.9. The summed E-state index contributed by atoms with van der Waals surface area (Å²) in [6.45, 7) is 4.20. The Labute approximate surface area is 162 Å². The molecule has 142 valence electrons. The second-order valence-corrected chi connectivity index (χ2v) is 7.32. The van der Waals surface area contributed by atoms with Crippen molar-refractivity contribution in [2.75, 3.05) is 23.3 Å². The third-order valence-corrected chi connectivity index (χ3v) is 5.33. The molecule has 0 radical (unpaired) electrons. The number of pyridine rings is 1. The molecule has 0 saturated carbocycles. The highest BCUT2D eigenvalue weighted by Crippen LogP contribution is 2.24. The van der Waals surface area contributed by atoms with Crippen LogP contribution in [0.25, 0.3) is 22.1 Å². The number of β-amino-alcohol motifs (C(OH)–C–C–N with tert-alkyl or cyclic N) is 1. The molecule has 1 aliphatic rings. The predicted molar refractivity (Wildman–Crippen MR) is 111 cm³/mol. The van der Waals surface area contributed by atoms with E-state index in [0.717, 1.165) is 29.8 Å². The standard InChI is InChI=1S/C21H22N6O/c1-13-9-22-16-4-2-3-14(20(13)16)10-24-18-11-23-17-5-6-19(26-21(17)25-18)27-8-7-15(28)12-27/h2-6,9,11,15,22,28H,7-8,10,12H2,1H3,(H,24,25,26)/t15-/m0/s1. The number of nitrogens with zero attached hydrogens (tertiary/aromatic N) is 4. The van der Waals surface area contributed by atoms with E-state index in [1.165, 1.54) is 16.5 Å². The number of fused-ring (bicyclic) bond motifs is 2. The van der Waals surface area contributed by atoms with Crippen molar-refractivity contribution >= 4 is 33.7 Å². The Kier molecular flexibility index (Phi) is 4.09. The molecule has 3 aromatic heterocycles. The highest BCUT2D eigenvalue weighted by atomic mass is 16.3. The Balaban J connectivity index is 1.40. The van der Waals surface area contributed by atoms with Gasteiger partial charge in [0.25, 0.3) is 0 Å². The van der Waals surface area contributed by atoms with Gasteiger partial charge in [0.05, 0.1) is 12.3 Å². The number of aromatic nitrogens is 4. The van der Waals surface area contributed by atoms with E-state index in [-0.39, 0.29) is 6.10 Å². The third-order valence-electron chi connectivity index (χ3n) is 5.33. The van der Waals surface area contributed by atoms with Crippen LogP contribution in [-0.4, -0.2) is 44.2 Å². The van der Waals surface area contributed by atoms with Gasteiger partial charge in [0.2, 0.25) is 0 Å². The molecule has 1 aromatic carbocycles. The molecule has 0 aliphatic carbocycles. The van der Waals surface area contributed by atoms with Crippen LogP contribution in [0, 0.1) is 6.92 Å². The second-order valence-electron chi connectivity index (χ2n) is 7.32. The summed E-state index contributed by atoms with van der Waals surface area (Å²) in [5, 5.41) is 14.4. The topological polar surface area (TPSA) is 90.0 Å². The molecular formula is C21H22N6O. The molecule has 4 heterocycles. The maximum atomic E-state index is 9.77. The molecule has 0 amide bonds. The SMILES string of the molecule is Cc1c[nH]c2cccc(CNc3cnc4ccc(N5CC[C@H](O)C5)nc4n3)c12. The molecule has 3 N–H and O–H groups in total. The van der Waals surface area contributed by atoms with E-state index in [9.17, 15) is 5.11 Å². The molecule has 0 bridgehead atoms. The van der Waals surface area contributed by atoms with Crippen LogP contribution in [0.15, 0.2) is 42.7 Å². The molecule has 7 heteroatoms. The van der Waals surface area contributed by atoms with E-state index in [0.29, 0.717) is 24.6 Å². The Morgan fingerprint density at radius 1 is 1.25 bits per heavy atom. The van der Waals surface area contributed by atoms with Gasteiger partial charge >= 0.3 is 0 Å². The first-order valence-electron chi connectivity index (χ1n) is 9.53. The number of hydrogen-bond donors (Lipinski definition) is 3. The lowest BCUT2D eigenvalue weighted by atomic mass is 10.1. The molecule has 1 saturated heterocycles. The zero-order valence-electron chi connectivity index (χ0n) is 15.7. The molecule has 1 fully saturated rings. The highest BCUT2D eigenvalue weighted by Gasteiger charge is 2.21. The molecule has 7 nitrogen and oxygen atoms in total. The zero-order chi connectivity index (χ0) is 19.1. The summed E-state index contributed by atoms with van der Waals surface area (Å²) in [5.74, 6) is 1.53. The van der Waals surface area contributed by atoms with Gasteiger partial charge in [-0.3, -0.25) is 0 Å². The molecular weight excluding hydrogens is 352 g/mol. The number of aliphatic hydroxyl groups is 1. The van der Waals surface area contributed by atoms with Crippen LogP contribution in [0.3, 0.4) is 0 Å². The average Bonchev–Trinajstić information content (AvgIpc) is 3.32. The van der Waals surface area contributed by atoms with Gasteiger partial charge in [-0.2, -0.15) is 0 Å². The second kappa shape index (κ2) is 6.76. The smallest absolute Gasteiger partial charge is 0.182 e. The van der Waals surface area contributed by atoms with Gasteiger partial charge in [-0.05, 0) is 42.7 Å². The number of aliphatic hydroxyl groups excluding tert-OH is 1. The number of anilines is 2. The first kappa shape index (κ1) is 16.9. The summed E-state index contributed by atoms with van der Waals surface area (Å²) in [4.78, 5) is 19.2. The lowest BCUT2D eigenvalue weighted by Gasteiger charge is -2.16. The quantitative estimate of drug-likeness (QED) is 0.509. The summed E-state index contributed by atoms with van der Waals surface area (Å²) in [7, 11) is 0. The van der Waals surface area contributed by atoms with Gasteiger partial charge < -0.3 is 20.3 Å². The summed E-state index contributed by atoms with van der Waals surface area (Å²) in [6.07, 6.45) is 4.27. The summed E-state index contributed by atoms with van der Waals surface area (Å²) < 4.78 is 0. The van der Waals surface area contributed by atoms with Crippen molar-refractivity contribution in [1.82, 2.24) is 19.9 Å². The van der Waals surface area contributed by atoms with E-state index in [1.54, 1.807) is 6.20 Å². The Bertz CT molecular complexity index is 1150. The third kappa shape index (κ3) is 3.03. The van der Waals surface area contributed by atoms with Crippen molar-refractivity contribution in [1.29, 1.82) is 0 Å². The molecule has 0 spiro atoms. The Hall–Kier alpha value is -3.19. The van der Waals surface area contributed by atoms with Crippen molar-refractivity contribution in [3.05, 3.63) is 53.9 Å². The number of H-pyrrole nitrogens is 1. The fraction of sp³-hybridized carbons (Fsp3) is 0.286. The van der Waals surface area contributed by atoms with Gasteiger partial charge in [0, 0.05) is 36.7 Å². The Morgan fingerprint density at radius 2 is 2.18 bits per heavy atom. The van der Waals surface area contributed by atoms with Gasteiger partial charge in [-0.1, -0.05) is 12.1 Å². The van der Waals surface area contributed by atoms with Crippen LogP contribution in [0.4, 0.5) is 11.6 Å². The Morgan fingerprint density at radius 3 is 3.04 bits per heavy atom. The number of aryl methyl sites for hydroxylation is 1. The van der Waals surface area contributed by atoms with Crippen molar-refractivity contribution in [3.63, 3.8) is 0 Å². The lowest BCUT2D eigenvalue weighted by Crippen LogP contribution is -2.22. The molecule has 1 aliphatic heterocycles. The van der Waals surface area contributed by atoms with Gasteiger partial charge in [-0.15, -0.1) is 0 Å². The van der Waals surface area contributed by atoms with Crippen LogP contribution in [-0.2, 0) is 6.54 Å². The minimum Gasteiger partial charge on any atom is -0.391 e. The van der Waals surface area contributed by atoms with E-state index in [4.69, 9.17) is 0 Å². The van der Waals surface area contributed by atoms with E-state index >= 15 is 0 Å². The first-order valence-corrected chi connectivity index (χ1v) is 9.53. The van der Waals surface area contributed by atoms with E-state index in [1.807, 2.05) is 18.3 Å². The number of nitrogens with one attached hydrogen (secondary N) is 2. The van der Waals surface area contributed by atoms with Crippen molar-refractivity contribution < 1.29 is 5.11 Å². The predicted octanol–water partition coefficient (Wildman–Crippen LogP) is 3.00. The number of rotatable bonds is 4. The summed E-state index contributed by atoms with van der Waals surface area (Å²) in [6, 6.07) is 10.1. The van der Waals surface area contributed by atoms with Crippen LogP contribution in [0.5, 0.6) is 0 Å². The monoisotopic (exact) mass is 374 g/mol. The van der Waals surface area contributed by atoms with Gasteiger partial charge in [0.15, 0.2) is 5.65 Å². The average molecular weight is 374 g/mol. The van der Waals surface area contributed by atoms with Crippen LogP contribution in [0.2, 0.25) is 0 Å². The van der Waals surface area contributed by atoms with Crippen molar-refractivity contribution in [3.8, 4) is 0 Å². The summed E-state index contributed by atoms with van der Waals surface area (Å²) in [5.41, 5.74) is 4.96. The van der Waals surface area contributed by atoms with E-state index in [2.05, 4.69) is 55.3 Å². The maximum absolute atomic E-state index is 9.77. The van der Waals surface area contributed by atoms with Gasteiger partial charge in [0.1, 0.15) is 17.2 Å². The molecule has 0 unspecified atom stereocenters. The largest absolute Gasteiger partial charge is 0.391 e. The lowest BCUT2D eigenvalue weighted by molar-refractivity contribution is 0.198. The highest BCUT2D eigenvalue weighted by molar-refractivity contribution is 5.86. The summed E-state index contributed by atoms with van der Waals surface area (Å²) >= 11 is 0. The fourth-order valence-corrected chi connectivity index (χ4v) is 3.88. The van der Waals surface area contributed by atoms with Crippen molar-refractivity contribution in [2.45, 2.75) is 26.0 Å². The minimum atomic E-state index is -0.281. The van der Waals surface area contributed by atoms with Crippen LogP contribution < -0.4 is 10.2 Å². The number of benzene rings is 1. The molecule has 1 atom stereocenters. The van der Waals surface area contributed by atoms with Crippen LogP contribution in [0.1, 0.15) is 17.5 Å². The minimum absolute atomic E-state index is 0.281. The van der Waals surface area contributed by atoms with E-state index < -0.39 is 0 Å². The first-order chi connectivity index (χ1) is 13.7. The zero-order valence-corrected chi connectivity index (χ0v) is 15.7. The fourth-order valence-electron chi connectivity index (χ4n) is 3.88.